The Morgan fingerprint density at radius 2 is 1.88 bits per heavy atom. The van der Waals surface area contributed by atoms with Gasteiger partial charge in [-0.25, -0.2) is 13.8 Å². The second kappa shape index (κ2) is 7.09. The highest BCUT2D eigenvalue weighted by Gasteiger charge is 2.25. The lowest BCUT2D eigenvalue weighted by Crippen LogP contribution is -2.47. The van der Waals surface area contributed by atoms with Crippen LogP contribution in [0.5, 0.6) is 5.88 Å². The molecule has 1 unspecified atom stereocenters. The molecule has 0 amide bonds. The van der Waals surface area contributed by atoms with Gasteiger partial charge < -0.3 is 9.64 Å². The first-order valence-corrected chi connectivity index (χ1v) is 7.89. The summed E-state index contributed by atoms with van der Waals surface area (Å²) in [6.45, 7) is 4.91. The van der Waals surface area contributed by atoms with E-state index >= 15 is 0 Å². The quantitative estimate of drug-likeness (QED) is 0.860. The smallest absolute Gasteiger partial charge is 0.228 e. The van der Waals surface area contributed by atoms with E-state index in [1.54, 1.807) is 19.4 Å². The van der Waals surface area contributed by atoms with Crippen molar-refractivity contribution in [2.45, 2.75) is 13.0 Å². The summed E-state index contributed by atoms with van der Waals surface area (Å²) >= 11 is 0. The molecule has 1 aromatic carbocycles. The lowest BCUT2D eigenvalue weighted by Gasteiger charge is -2.38. The van der Waals surface area contributed by atoms with E-state index in [1.165, 1.54) is 12.1 Å². The van der Waals surface area contributed by atoms with Crippen molar-refractivity contribution < 1.29 is 13.5 Å². The summed E-state index contributed by atoms with van der Waals surface area (Å²) in [5.41, 5.74) is 0.516. The van der Waals surface area contributed by atoms with Crippen LogP contribution in [0.15, 0.2) is 30.5 Å². The van der Waals surface area contributed by atoms with Gasteiger partial charge in [0.15, 0.2) is 0 Å². The average Bonchev–Trinajstić information content (AvgIpc) is 2.61. The molecule has 0 radical (unpaired) electrons. The molecule has 1 atom stereocenters. The predicted molar refractivity (Wildman–Crippen MR) is 87.1 cm³/mol. The van der Waals surface area contributed by atoms with Gasteiger partial charge in [-0.15, -0.1) is 0 Å². The molecule has 1 aliphatic heterocycles. The molecule has 0 bridgehead atoms. The molecule has 0 N–H and O–H groups in total. The summed E-state index contributed by atoms with van der Waals surface area (Å²) in [7, 11) is 1.57. The van der Waals surface area contributed by atoms with Gasteiger partial charge in [0, 0.05) is 56.1 Å². The van der Waals surface area contributed by atoms with E-state index in [0.29, 0.717) is 17.4 Å². The summed E-state index contributed by atoms with van der Waals surface area (Å²) in [6.07, 6.45) is 1.67. The van der Waals surface area contributed by atoms with Crippen LogP contribution in [0.3, 0.4) is 0 Å². The number of benzene rings is 1. The van der Waals surface area contributed by atoms with E-state index in [4.69, 9.17) is 4.74 Å². The number of hydrogen-bond donors (Lipinski definition) is 0. The van der Waals surface area contributed by atoms with Crippen LogP contribution in [0.4, 0.5) is 14.7 Å². The highest BCUT2D eigenvalue weighted by Crippen LogP contribution is 2.25. The monoisotopic (exact) mass is 334 g/mol. The lowest BCUT2D eigenvalue weighted by molar-refractivity contribution is 0.194. The van der Waals surface area contributed by atoms with Crippen LogP contribution in [0.1, 0.15) is 18.5 Å². The number of halogens is 2. The van der Waals surface area contributed by atoms with Gasteiger partial charge in [-0.3, -0.25) is 4.90 Å². The predicted octanol–water partition coefficient (Wildman–Crippen LogP) is 2.65. The Balaban J connectivity index is 1.66. The number of piperazine rings is 1. The van der Waals surface area contributed by atoms with E-state index < -0.39 is 11.6 Å². The Labute approximate surface area is 139 Å². The van der Waals surface area contributed by atoms with Gasteiger partial charge in [0.25, 0.3) is 0 Å². The number of hydrogen-bond acceptors (Lipinski definition) is 5. The summed E-state index contributed by atoms with van der Waals surface area (Å²) < 4.78 is 32.2. The largest absolute Gasteiger partial charge is 0.481 e. The second-order valence-electron chi connectivity index (χ2n) is 5.76. The van der Waals surface area contributed by atoms with Gasteiger partial charge in [0.2, 0.25) is 11.8 Å². The molecule has 1 fully saturated rings. The first-order valence-electron chi connectivity index (χ1n) is 7.89. The van der Waals surface area contributed by atoms with Crippen LogP contribution in [0, 0.1) is 11.6 Å². The van der Waals surface area contributed by atoms with Crippen molar-refractivity contribution in [3.05, 3.63) is 47.7 Å². The Morgan fingerprint density at radius 1 is 1.12 bits per heavy atom. The fourth-order valence-electron chi connectivity index (χ4n) is 2.94. The molecule has 0 aliphatic carbocycles. The average molecular weight is 334 g/mol. The minimum atomic E-state index is -0.552. The molecule has 24 heavy (non-hydrogen) atoms. The number of anilines is 1. The second-order valence-corrected chi connectivity index (χ2v) is 5.76. The number of ether oxygens (including phenoxy) is 1. The lowest BCUT2D eigenvalue weighted by atomic mass is 10.1. The maximum atomic E-state index is 14.0. The third-order valence-corrected chi connectivity index (χ3v) is 4.38. The molecular formula is C17H20F2N4O. The minimum absolute atomic E-state index is 0.112. The first-order chi connectivity index (χ1) is 11.6. The molecule has 128 valence electrons. The fraction of sp³-hybridized carbons (Fsp3) is 0.412. The normalized spacial score (nSPS) is 16.9. The number of nitrogens with zero attached hydrogens (tertiary/aromatic N) is 4. The third-order valence-electron chi connectivity index (χ3n) is 4.38. The van der Waals surface area contributed by atoms with Crippen molar-refractivity contribution in [2.75, 3.05) is 38.2 Å². The van der Waals surface area contributed by atoms with Gasteiger partial charge in [-0.2, -0.15) is 4.98 Å². The number of aromatic nitrogens is 2. The fourth-order valence-corrected chi connectivity index (χ4v) is 2.94. The number of rotatable bonds is 4. The molecule has 0 saturated carbocycles. The van der Waals surface area contributed by atoms with Crippen LogP contribution in [0.25, 0.3) is 0 Å². The molecule has 0 spiro atoms. The molecule has 2 aromatic rings. The molecule has 7 heteroatoms. The molecule has 2 heterocycles. The van der Waals surface area contributed by atoms with Gasteiger partial charge in [0.05, 0.1) is 7.11 Å². The van der Waals surface area contributed by atoms with Crippen LogP contribution in [-0.2, 0) is 0 Å². The van der Waals surface area contributed by atoms with Gasteiger partial charge in [0.1, 0.15) is 11.6 Å². The topological polar surface area (TPSA) is 41.5 Å². The maximum Gasteiger partial charge on any atom is 0.228 e. The maximum absolute atomic E-state index is 14.0. The summed E-state index contributed by atoms with van der Waals surface area (Å²) in [5, 5.41) is 0. The van der Waals surface area contributed by atoms with Crippen molar-refractivity contribution in [1.29, 1.82) is 0 Å². The zero-order valence-electron chi connectivity index (χ0n) is 13.7. The third kappa shape index (κ3) is 3.46. The molecule has 3 rings (SSSR count). The summed E-state index contributed by atoms with van der Waals surface area (Å²) in [5.74, 6) is 0.114. The number of methoxy groups -OCH3 is 1. The van der Waals surface area contributed by atoms with Crippen molar-refractivity contribution in [2.24, 2.45) is 0 Å². The summed E-state index contributed by atoms with van der Waals surface area (Å²) in [4.78, 5) is 12.9. The standard InChI is InChI=1S/C17H20F2N4O/c1-12(14-4-3-13(18)11-15(14)19)22-7-9-23(10-8-22)17-20-6-5-16(21-17)24-2/h3-6,11-12H,7-10H2,1-2H3. The Bertz CT molecular complexity index is 705. The molecule has 5 nitrogen and oxygen atoms in total. The highest BCUT2D eigenvalue weighted by molar-refractivity contribution is 5.33. The first kappa shape index (κ1) is 16.6. The van der Waals surface area contributed by atoms with Crippen LogP contribution < -0.4 is 9.64 Å². The van der Waals surface area contributed by atoms with Crippen molar-refractivity contribution in [1.82, 2.24) is 14.9 Å². The van der Waals surface area contributed by atoms with Crippen molar-refractivity contribution >= 4 is 5.95 Å². The van der Waals surface area contributed by atoms with Crippen LogP contribution in [-0.4, -0.2) is 48.2 Å². The van der Waals surface area contributed by atoms with E-state index in [2.05, 4.69) is 19.8 Å². The van der Waals surface area contributed by atoms with Gasteiger partial charge in [-0.1, -0.05) is 6.07 Å². The van der Waals surface area contributed by atoms with Crippen LogP contribution in [0.2, 0.25) is 0 Å². The zero-order chi connectivity index (χ0) is 17.1. The van der Waals surface area contributed by atoms with Gasteiger partial charge >= 0.3 is 0 Å². The Hall–Kier alpha value is -2.28. The Kier molecular flexibility index (Phi) is 4.89. The van der Waals surface area contributed by atoms with E-state index in [1.807, 2.05) is 6.92 Å². The van der Waals surface area contributed by atoms with Crippen molar-refractivity contribution in [3.63, 3.8) is 0 Å². The molecule has 1 aromatic heterocycles. The van der Waals surface area contributed by atoms with Gasteiger partial charge in [-0.05, 0) is 13.0 Å². The van der Waals surface area contributed by atoms with Crippen LogP contribution >= 0.6 is 0 Å². The molecule has 1 saturated heterocycles. The van der Waals surface area contributed by atoms with E-state index in [-0.39, 0.29) is 6.04 Å². The van der Waals surface area contributed by atoms with E-state index in [0.717, 1.165) is 32.2 Å². The van der Waals surface area contributed by atoms with E-state index in [9.17, 15) is 8.78 Å². The Morgan fingerprint density at radius 3 is 2.54 bits per heavy atom. The summed E-state index contributed by atoms with van der Waals surface area (Å²) in [6, 6.07) is 5.35. The minimum Gasteiger partial charge on any atom is -0.481 e. The highest BCUT2D eigenvalue weighted by atomic mass is 19.1. The zero-order valence-corrected chi connectivity index (χ0v) is 13.7. The molecule has 1 aliphatic rings. The molecular weight excluding hydrogens is 314 g/mol. The SMILES string of the molecule is COc1ccnc(N2CCN(C(C)c3ccc(F)cc3F)CC2)n1. The van der Waals surface area contributed by atoms with Crippen molar-refractivity contribution in [3.8, 4) is 5.88 Å².